The molecule has 0 saturated carbocycles. The molecule has 3 aliphatic heterocycles. The van der Waals surface area contributed by atoms with Crippen molar-refractivity contribution >= 4 is 41.0 Å². The van der Waals surface area contributed by atoms with Gasteiger partial charge in [0.1, 0.15) is 28.1 Å². The number of esters is 1. The van der Waals surface area contributed by atoms with Crippen molar-refractivity contribution in [3.05, 3.63) is 117 Å². The Labute approximate surface area is 299 Å². The lowest BCUT2D eigenvalue weighted by Gasteiger charge is -2.44. The summed E-state index contributed by atoms with van der Waals surface area (Å²) in [7, 11) is 3.07. The summed E-state index contributed by atoms with van der Waals surface area (Å²) in [6.45, 7) is 2.92. The fourth-order valence-electron chi connectivity index (χ4n) is 6.38. The number of hydrogen-bond donors (Lipinski definition) is 0. The van der Waals surface area contributed by atoms with Gasteiger partial charge in [-0.05, 0) is 91.5 Å². The maximum Gasteiger partial charge on any atom is 0.414 e. The van der Waals surface area contributed by atoms with Crippen LogP contribution in [0.4, 0.5) is 14.9 Å². The largest absolute Gasteiger partial charge is 0.870 e. The third kappa shape index (κ3) is 8.47. The lowest BCUT2D eigenvalue weighted by Crippen LogP contribution is -2.53. The number of amides is 1. The summed E-state index contributed by atoms with van der Waals surface area (Å²) in [6, 6.07) is 17.8. The van der Waals surface area contributed by atoms with Gasteiger partial charge >= 0.3 is 12.1 Å². The smallest absolute Gasteiger partial charge is 0.414 e. The molecule has 0 aliphatic carbocycles. The monoisotopic (exact) mass is 725 g/mol. The zero-order valence-corrected chi connectivity index (χ0v) is 29.1. The van der Waals surface area contributed by atoms with Crippen LogP contribution in [0, 0.1) is 11.7 Å². The number of fused-ring (bicyclic) bond motifs is 3. The van der Waals surface area contributed by atoms with Gasteiger partial charge in [-0.25, -0.2) is 19.0 Å². The van der Waals surface area contributed by atoms with E-state index in [1.807, 2.05) is 0 Å². The highest BCUT2D eigenvalue weighted by Gasteiger charge is 2.37. The third-order valence-electron chi connectivity index (χ3n) is 9.15. The van der Waals surface area contributed by atoms with Gasteiger partial charge in [0.15, 0.2) is 23.9 Å². The molecule has 7 rings (SSSR count). The maximum atomic E-state index is 13.8. The lowest BCUT2D eigenvalue weighted by atomic mass is 9.86. The van der Waals surface area contributed by atoms with Crippen molar-refractivity contribution in [1.29, 1.82) is 0 Å². The molecule has 3 aromatic carbocycles. The lowest BCUT2D eigenvalue weighted by molar-refractivity contribution is -0.377. The van der Waals surface area contributed by atoms with E-state index in [1.54, 1.807) is 74.1 Å². The molecule has 4 heterocycles. The standard InChI is InChI=1S/C37H36Cl2FN3O6.H2O/c1-46-32-12-7-26(17-34(32)47-2)33(18-29-30(38)19-41-20-31(29)39)48-36(44)25-5-3-23(4-6-25)21-43(28-10-8-27(40)9-11-28)37(45)49-35-22-42-15-13-24(35)14-16-42;/h3-12,17,19-20,24,33,35H,13-16,18,21-22H2,1-2H3;1H2/t33-,35-;/m0./s1. The van der Waals surface area contributed by atoms with E-state index >= 15 is 0 Å². The predicted molar refractivity (Wildman–Crippen MR) is 185 cm³/mol. The van der Waals surface area contributed by atoms with Crippen molar-refractivity contribution < 1.29 is 43.4 Å². The number of nitrogens with one attached hydrogen (secondary N) is 1. The van der Waals surface area contributed by atoms with Gasteiger partial charge < -0.3 is 24.4 Å². The summed E-state index contributed by atoms with van der Waals surface area (Å²) < 4.78 is 36.8. The van der Waals surface area contributed by atoms with Gasteiger partial charge in [0, 0.05) is 24.2 Å². The zero-order valence-electron chi connectivity index (χ0n) is 27.6. The molecule has 13 heteroatoms. The van der Waals surface area contributed by atoms with Crippen LogP contribution in [0.1, 0.15) is 46.0 Å². The van der Waals surface area contributed by atoms with Crippen molar-refractivity contribution in [3.8, 4) is 11.5 Å². The second-order valence-electron chi connectivity index (χ2n) is 12.2. The maximum absolute atomic E-state index is 13.8. The summed E-state index contributed by atoms with van der Waals surface area (Å²) in [5, 5.41) is 0.798. The Bertz CT molecular complexity index is 1770. The Morgan fingerprint density at radius 3 is 2.20 bits per heavy atom. The average Bonchev–Trinajstić information content (AvgIpc) is 3.12. The molecule has 50 heavy (non-hydrogen) atoms. The number of nitrogens with zero attached hydrogens (tertiary/aromatic N) is 2. The summed E-state index contributed by atoms with van der Waals surface area (Å²) in [5.41, 5.74) is 2.80. The second-order valence-corrected chi connectivity index (χ2v) is 13.0. The summed E-state index contributed by atoms with van der Waals surface area (Å²) in [4.78, 5) is 33.8. The minimum atomic E-state index is -0.778. The van der Waals surface area contributed by atoms with E-state index in [-0.39, 0.29) is 24.5 Å². The number of anilines is 1. The molecule has 0 unspecified atom stereocenters. The Kier molecular flexibility index (Phi) is 12.2. The van der Waals surface area contributed by atoms with E-state index in [0.717, 1.165) is 38.0 Å². The summed E-state index contributed by atoms with van der Waals surface area (Å²) in [5.74, 6) is 0.364. The van der Waals surface area contributed by atoms with Crippen molar-refractivity contribution in [1.82, 2.24) is 4.90 Å². The number of aromatic amines is 1. The molecule has 2 bridgehead atoms. The van der Waals surface area contributed by atoms with Crippen molar-refractivity contribution in [2.24, 2.45) is 5.92 Å². The predicted octanol–water partition coefficient (Wildman–Crippen LogP) is 7.17. The van der Waals surface area contributed by atoms with Gasteiger partial charge in [-0.15, -0.1) is 0 Å². The number of piperidine rings is 3. The van der Waals surface area contributed by atoms with Gasteiger partial charge in [-0.1, -0.05) is 41.4 Å². The Morgan fingerprint density at radius 2 is 1.60 bits per heavy atom. The number of pyridine rings is 1. The van der Waals surface area contributed by atoms with Crippen LogP contribution in [0.3, 0.4) is 0 Å². The number of carbonyl (C=O) groups is 2. The molecule has 4 aromatic rings. The number of hydrogen-bond acceptors (Lipinski definition) is 8. The fraction of sp³-hybridized carbons (Fsp3) is 0.324. The molecule has 2 N–H and O–H groups in total. The van der Waals surface area contributed by atoms with Crippen LogP contribution in [-0.4, -0.2) is 62.4 Å². The summed E-state index contributed by atoms with van der Waals surface area (Å²) in [6.07, 6.45) is 3.95. The molecular weight excluding hydrogens is 688 g/mol. The third-order valence-corrected chi connectivity index (χ3v) is 9.83. The number of ether oxygens (including phenoxy) is 4. The number of benzene rings is 3. The Hall–Kier alpha value is -4.42. The second kappa shape index (κ2) is 16.5. The number of aromatic nitrogens is 1. The Balaban J connectivity index is 0.00000486. The van der Waals surface area contributed by atoms with Gasteiger partial charge in [0.05, 0.1) is 26.3 Å². The Morgan fingerprint density at radius 1 is 0.940 bits per heavy atom. The highest BCUT2D eigenvalue weighted by atomic mass is 35.5. The molecule has 0 radical (unpaired) electrons. The SMILES string of the molecule is COc1ccc([C@H](Cc2c(Cl)c[nH+]cc2Cl)OC(=O)c2ccc(CN(C(=O)O[C@H]3CN4CCC3CC4)c3ccc(F)cc3)cc2)cc1OC.[OH-]. The van der Waals surface area contributed by atoms with Gasteiger partial charge in [0.2, 0.25) is 0 Å². The molecule has 3 fully saturated rings. The van der Waals surface area contributed by atoms with Crippen molar-refractivity contribution in [2.45, 2.75) is 38.0 Å². The van der Waals surface area contributed by atoms with Gasteiger partial charge in [0.25, 0.3) is 0 Å². The highest BCUT2D eigenvalue weighted by Crippen LogP contribution is 2.36. The number of H-pyrrole nitrogens is 1. The molecule has 3 aliphatic rings. The minimum absolute atomic E-state index is 0. The molecule has 264 valence electrons. The molecule has 10 nitrogen and oxygen atoms in total. The molecule has 3 saturated heterocycles. The molecular formula is C37H38Cl2FN3O7. The molecule has 0 spiro atoms. The first kappa shape index (κ1) is 36.9. The molecule has 2 atom stereocenters. The van der Waals surface area contributed by atoms with E-state index in [9.17, 15) is 14.0 Å². The van der Waals surface area contributed by atoms with E-state index in [0.29, 0.717) is 49.8 Å². The number of methoxy groups -OCH3 is 2. The minimum Gasteiger partial charge on any atom is -0.870 e. The van der Waals surface area contributed by atoms with Crippen LogP contribution >= 0.6 is 23.2 Å². The van der Waals surface area contributed by atoms with Crippen LogP contribution < -0.4 is 19.4 Å². The van der Waals surface area contributed by atoms with Crippen LogP contribution in [0.2, 0.25) is 10.0 Å². The van der Waals surface area contributed by atoms with Crippen LogP contribution in [0.25, 0.3) is 0 Å². The van der Waals surface area contributed by atoms with Crippen LogP contribution in [-0.2, 0) is 22.4 Å². The highest BCUT2D eigenvalue weighted by molar-refractivity contribution is 6.35. The normalized spacial score (nSPS) is 18.4. The van der Waals surface area contributed by atoms with Gasteiger partial charge in [-0.3, -0.25) is 9.80 Å². The fourth-order valence-corrected chi connectivity index (χ4v) is 6.92. The summed E-state index contributed by atoms with van der Waals surface area (Å²) >= 11 is 12.9. The van der Waals surface area contributed by atoms with E-state index in [2.05, 4.69) is 9.88 Å². The number of carbonyl (C=O) groups excluding carboxylic acids is 2. The van der Waals surface area contributed by atoms with Crippen molar-refractivity contribution in [3.63, 3.8) is 0 Å². The van der Waals surface area contributed by atoms with E-state index in [1.165, 1.54) is 24.1 Å². The average molecular weight is 727 g/mol. The first-order valence-electron chi connectivity index (χ1n) is 16.0. The van der Waals surface area contributed by atoms with Crippen LogP contribution in [0.5, 0.6) is 11.5 Å². The van der Waals surface area contributed by atoms with Crippen LogP contribution in [0.15, 0.2) is 79.1 Å². The number of halogens is 3. The molecule has 1 amide bonds. The van der Waals surface area contributed by atoms with E-state index in [4.69, 9.17) is 42.1 Å². The number of rotatable bonds is 11. The van der Waals surface area contributed by atoms with E-state index < -0.39 is 24.0 Å². The first-order valence-corrected chi connectivity index (χ1v) is 16.8. The molecule has 1 aromatic heterocycles. The van der Waals surface area contributed by atoms with Gasteiger partial charge in [-0.2, -0.15) is 0 Å². The quantitative estimate of drug-likeness (QED) is 0.149. The topological polar surface area (TPSA) is 122 Å². The van der Waals surface area contributed by atoms with Crippen molar-refractivity contribution in [2.75, 3.05) is 38.8 Å². The zero-order chi connectivity index (χ0) is 34.5. The first-order chi connectivity index (χ1) is 23.7.